The molecule has 0 saturated carbocycles. The molecule has 5 rings (SSSR count). The molecule has 1 saturated heterocycles. The number of piperazine rings is 1. The SMILES string of the molecule is Nc1c(Nc2cccc3ccccc23)ncnc1N1CCN(c2ccccc2)CC1. The van der Waals surface area contributed by atoms with Gasteiger partial charge in [-0.25, -0.2) is 9.97 Å². The minimum Gasteiger partial charge on any atom is -0.393 e. The highest BCUT2D eigenvalue weighted by molar-refractivity contribution is 5.96. The maximum atomic E-state index is 6.51. The molecule has 6 nitrogen and oxygen atoms in total. The van der Waals surface area contributed by atoms with Crippen LogP contribution in [0.4, 0.5) is 28.7 Å². The van der Waals surface area contributed by atoms with Gasteiger partial charge in [0, 0.05) is 42.9 Å². The van der Waals surface area contributed by atoms with Crippen LogP contribution in [0.2, 0.25) is 0 Å². The summed E-state index contributed by atoms with van der Waals surface area (Å²) in [5, 5.41) is 5.72. The minimum absolute atomic E-state index is 0.582. The Hall–Kier alpha value is -3.80. The van der Waals surface area contributed by atoms with Crippen molar-refractivity contribution in [3.8, 4) is 0 Å². The summed E-state index contributed by atoms with van der Waals surface area (Å²) in [4.78, 5) is 13.5. The second kappa shape index (κ2) is 7.91. The van der Waals surface area contributed by atoms with E-state index < -0.39 is 0 Å². The van der Waals surface area contributed by atoms with Crippen LogP contribution in [0.1, 0.15) is 0 Å². The van der Waals surface area contributed by atoms with Gasteiger partial charge in [-0.15, -0.1) is 0 Å². The predicted molar refractivity (Wildman–Crippen MR) is 125 cm³/mol. The van der Waals surface area contributed by atoms with E-state index in [9.17, 15) is 0 Å². The van der Waals surface area contributed by atoms with Crippen molar-refractivity contribution >= 4 is 39.5 Å². The van der Waals surface area contributed by atoms with Crippen LogP contribution in [-0.4, -0.2) is 36.1 Å². The van der Waals surface area contributed by atoms with E-state index in [0.29, 0.717) is 11.5 Å². The van der Waals surface area contributed by atoms with Crippen molar-refractivity contribution in [3.05, 3.63) is 79.1 Å². The third kappa shape index (κ3) is 3.48. The molecule has 0 aliphatic carbocycles. The van der Waals surface area contributed by atoms with E-state index in [0.717, 1.165) is 43.1 Å². The Labute approximate surface area is 176 Å². The smallest absolute Gasteiger partial charge is 0.159 e. The van der Waals surface area contributed by atoms with E-state index in [-0.39, 0.29) is 0 Å². The Bertz CT molecular complexity index is 1150. The molecule has 1 fully saturated rings. The Morgan fingerprint density at radius 1 is 0.733 bits per heavy atom. The molecule has 2 heterocycles. The van der Waals surface area contributed by atoms with Crippen molar-refractivity contribution in [1.82, 2.24) is 9.97 Å². The molecule has 4 aromatic rings. The van der Waals surface area contributed by atoms with Crippen molar-refractivity contribution in [2.24, 2.45) is 0 Å². The highest BCUT2D eigenvalue weighted by atomic mass is 15.3. The molecular weight excluding hydrogens is 372 g/mol. The molecule has 150 valence electrons. The fourth-order valence-electron chi connectivity index (χ4n) is 4.02. The first-order chi connectivity index (χ1) is 14.8. The lowest BCUT2D eigenvalue weighted by atomic mass is 10.1. The van der Waals surface area contributed by atoms with E-state index in [1.54, 1.807) is 6.33 Å². The number of benzene rings is 3. The highest BCUT2D eigenvalue weighted by Gasteiger charge is 2.21. The van der Waals surface area contributed by atoms with Gasteiger partial charge in [-0.05, 0) is 23.6 Å². The van der Waals surface area contributed by atoms with Crippen molar-refractivity contribution in [2.45, 2.75) is 0 Å². The molecule has 1 aliphatic rings. The summed E-state index contributed by atoms with van der Waals surface area (Å²) in [6.07, 6.45) is 1.59. The zero-order chi connectivity index (χ0) is 20.3. The van der Waals surface area contributed by atoms with Gasteiger partial charge in [0.1, 0.15) is 12.0 Å². The fraction of sp³-hybridized carbons (Fsp3) is 0.167. The number of fused-ring (bicyclic) bond motifs is 1. The summed E-state index contributed by atoms with van der Waals surface area (Å²) < 4.78 is 0. The summed E-state index contributed by atoms with van der Waals surface area (Å²) in [6.45, 7) is 3.59. The number of rotatable bonds is 4. The normalized spacial score (nSPS) is 14.1. The van der Waals surface area contributed by atoms with E-state index in [4.69, 9.17) is 5.73 Å². The molecular formula is C24H24N6. The van der Waals surface area contributed by atoms with Crippen LogP contribution < -0.4 is 20.9 Å². The summed E-state index contributed by atoms with van der Waals surface area (Å²) in [7, 11) is 0. The van der Waals surface area contributed by atoms with Crippen LogP contribution >= 0.6 is 0 Å². The average Bonchev–Trinajstić information content (AvgIpc) is 2.81. The number of nitrogens with zero attached hydrogens (tertiary/aromatic N) is 4. The van der Waals surface area contributed by atoms with Gasteiger partial charge in [-0.2, -0.15) is 0 Å². The zero-order valence-electron chi connectivity index (χ0n) is 16.7. The van der Waals surface area contributed by atoms with Crippen molar-refractivity contribution < 1.29 is 0 Å². The van der Waals surface area contributed by atoms with Crippen LogP contribution in [0, 0.1) is 0 Å². The Balaban J connectivity index is 1.36. The molecule has 0 amide bonds. The largest absolute Gasteiger partial charge is 0.393 e. The van der Waals surface area contributed by atoms with Crippen LogP contribution in [-0.2, 0) is 0 Å². The molecule has 0 radical (unpaired) electrons. The molecule has 30 heavy (non-hydrogen) atoms. The number of hydrogen-bond acceptors (Lipinski definition) is 6. The number of nitrogens with two attached hydrogens (primary N) is 1. The first-order valence-electron chi connectivity index (χ1n) is 10.2. The molecule has 0 spiro atoms. The maximum absolute atomic E-state index is 6.51. The summed E-state index contributed by atoms with van der Waals surface area (Å²) >= 11 is 0. The van der Waals surface area contributed by atoms with Gasteiger partial charge >= 0.3 is 0 Å². The van der Waals surface area contributed by atoms with Crippen LogP contribution in [0.3, 0.4) is 0 Å². The second-order valence-electron chi connectivity index (χ2n) is 7.42. The van der Waals surface area contributed by atoms with Gasteiger partial charge < -0.3 is 20.9 Å². The van der Waals surface area contributed by atoms with Gasteiger partial charge in [0.25, 0.3) is 0 Å². The first-order valence-corrected chi connectivity index (χ1v) is 10.2. The van der Waals surface area contributed by atoms with Crippen molar-refractivity contribution in [2.75, 3.05) is 47.0 Å². The highest BCUT2D eigenvalue weighted by Crippen LogP contribution is 2.32. The number of hydrogen-bond donors (Lipinski definition) is 2. The second-order valence-corrected chi connectivity index (χ2v) is 7.42. The Kier molecular flexibility index (Phi) is 4.81. The van der Waals surface area contributed by atoms with E-state index >= 15 is 0 Å². The molecule has 6 heteroatoms. The lowest BCUT2D eigenvalue weighted by molar-refractivity contribution is 0.647. The minimum atomic E-state index is 0.582. The Morgan fingerprint density at radius 3 is 2.27 bits per heavy atom. The molecule has 1 aromatic heterocycles. The number of para-hydroxylation sites is 1. The van der Waals surface area contributed by atoms with Gasteiger partial charge in [-0.3, -0.25) is 0 Å². The lowest BCUT2D eigenvalue weighted by Gasteiger charge is -2.37. The van der Waals surface area contributed by atoms with Crippen LogP contribution in [0.15, 0.2) is 79.1 Å². The number of anilines is 5. The van der Waals surface area contributed by atoms with Crippen molar-refractivity contribution in [3.63, 3.8) is 0 Å². The molecule has 0 atom stereocenters. The first kappa shape index (κ1) is 18.2. The van der Waals surface area contributed by atoms with E-state index in [1.165, 1.54) is 11.1 Å². The summed E-state index contributed by atoms with van der Waals surface area (Å²) in [5.41, 5.74) is 9.33. The van der Waals surface area contributed by atoms with Gasteiger partial charge in [0.2, 0.25) is 0 Å². The third-order valence-corrected chi connectivity index (χ3v) is 5.61. The molecule has 0 unspecified atom stereocenters. The van der Waals surface area contributed by atoms with Gasteiger partial charge in [0.05, 0.1) is 0 Å². The Morgan fingerprint density at radius 2 is 1.43 bits per heavy atom. The number of aromatic nitrogens is 2. The zero-order valence-corrected chi connectivity index (χ0v) is 16.7. The number of nitrogens with one attached hydrogen (secondary N) is 1. The van der Waals surface area contributed by atoms with Crippen LogP contribution in [0.5, 0.6) is 0 Å². The molecule has 1 aliphatic heterocycles. The monoisotopic (exact) mass is 396 g/mol. The predicted octanol–water partition coefficient (Wildman–Crippen LogP) is 4.28. The summed E-state index contributed by atoms with van der Waals surface area (Å²) in [5.74, 6) is 1.43. The molecule has 0 bridgehead atoms. The molecule has 3 N–H and O–H groups in total. The number of nitrogen functional groups attached to an aromatic ring is 1. The topological polar surface area (TPSA) is 70.3 Å². The standard InChI is InChI=1S/C24H24N6/c25-22-23(28-21-12-6-8-18-7-4-5-11-20(18)21)26-17-27-24(22)30-15-13-29(14-16-30)19-9-2-1-3-10-19/h1-12,17H,13-16,25H2,(H,26,27,28). The maximum Gasteiger partial charge on any atom is 0.159 e. The van der Waals surface area contributed by atoms with Gasteiger partial charge in [0.15, 0.2) is 11.6 Å². The summed E-state index contributed by atoms with van der Waals surface area (Å²) in [6, 6.07) is 25.0. The van der Waals surface area contributed by atoms with E-state index in [1.807, 2.05) is 30.3 Å². The fourth-order valence-corrected chi connectivity index (χ4v) is 4.02. The third-order valence-electron chi connectivity index (χ3n) is 5.61. The quantitative estimate of drug-likeness (QED) is 0.536. The van der Waals surface area contributed by atoms with E-state index in [2.05, 4.69) is 67.5 Å². The van der Waals surface area contributed by atoms with Gasteiger partial charge in [-0.1, -0.05) is 54.6 Å². The van der Waals surface area contributed by atoms with Crippen molar-refractivity contribution in [1.29, 1.82) is 0 Å². The average molecular weight is 396 g/mol. The molecule has 3 aromatic carbocycles. The lowest BCUT2D eigenvalue weighted by Crippen LogP contribution is -2.47. The van der Waals surface area contributed by atoms with Crippen LogP contribution in [0.25, 0.3) is 10.8 Å².